The Labute approximate surface area is 297 Å². The Kier molecular flexibility index (Phi) is 12.1. The lowest BCUT2D eigenvalue weighted by Gasteiger charge is -2.21. The van der Waals surface area contributed by atoms with Crippen molar-refractivity contribution < 1.29 is 23.1 Å². The average molecular weight is 715 g/mol. The first kappa shape index (κ1) is 36.1. The van der Waals surface area contributed by atoms with Gasteiger partial charge in [-0.15, -0.1) is 0 Å². The van der Waals surface area contributed by atoms with Crippen LogP contribution in [0.2, 0.25) is 5.02 Å². The fourth-order valence-electron chi connectivity index (χ4n) is 5.64. The van der Waals surface area contributed by atoms with Gasteiger partial charge in [-0.3, -0.25) is 14.6 Å². The topological polar surface area (TPSA) is 113 Å². The number of aliphatic carboxylic acids is 1. The van der Waals surface area contributed by atoms with E-state index in [0.29, 0.717) is 35.6 Å². The van der Waals surface area contributed by atoms with Gasteiger partial charge < -0.3 is 5.11 Å². The molecule has 10 heteroatoms. The van der Waals surface area contributed by atoms with Crippen LogP contribution in [-0.4, -0.2) is 36.1 Å². The van der Waals surface area contributed by atoms with E-state index in [-0.39, 0.29) is 15.7 Å². The molecular weight excluding hydrogens is 676 g/mol. The molecule has 0 aliphatic carbocycles. The number of carbonyl (C=O) groups excluding carboxylic acids is 1. The maximum atomic E-state index is 13.3. The molecule has 254 valence electrons. The molecule has 0 aliphatic heterocycles. The number of halogens is 1. The Bertz CT molecular complexity index is 2050. The highest BCUT2D eigenvalue weighted by Gasteiger charge is 2.23. The standard InChI is InChI=1S/C39H39ClN2O5S2/c1-3-28(39(44)45)25-48-37(31-9-6-7-27(23-31)13-18-33-19-15-30-14-17-32(40)24-36(30)41-33)22-16-29-8-4-5-10-35(29)38(43)42-49(46,47)34-20-11-26(2)12-21-34/h4-12,14-15,17,19-21,23-24,28,37H,3,13,16,18,22,25H2,1-2H3,(H,42,43)(H,44,45). The number of benzene rings is 4. The molecule has 0 bridgehead atoms. The van der Waals surface area contributed by atoms with Crippen molar-refractivity contribution in [3.63, 3.8) is 0 Å². The molecule has 7 nitrogen and oxygen atoms in total. The lowest BCUT2D eigenvalue weighted by molar-refractivity contribution is -0.140. The third-order valence-corrected chi connectivity index (χ3v) is 11.6. The van der Waals surface area contributed by atoms with Crippen LogP contribution >= 0.6 is 23.4 Å². The number of aryl methyl sites for hydroxylation is 4. The minimum atomic E-state index is -4.06. The third kappa shape index (κ3) is 9.71. The van der Waals surface area contributed by atoms with E-state index in [1.807, 2.05) is 56.3 Å². The number of aromatic nitrogens is 1. The van der Waals surface area contributed by atoms with E-state index in [2.05, 4.69) is 29.0 Å². The number of carboxylic acids is 1. The second kappa shape index (κ2) is 16.5. The van der Waals surface area contributed by atoms with Crippen molar-refractivity contribution in [3.05, 3.63) is 142 Å². The van der Waals surface area contributed by atoms with Crippen molar-refractivity contribution >= 4 is 56.2 Å². The Morgan fingerprint density at radius 1 is 0.898 bits per heavy atom. The largest absolute Gasteiger partial charge is 0.481 e. The van der Waals surface area contributed by atoms with E-state index in [0.717, 1.165) is 46.1 Å². The van der Waals surface area contributed by atoms with Gasteiger partial charge in [0.2, 0.25) is 0 Å². The summed E-state index contributed by atoms with van der Waals surface area (Å²) in [4.78, 5) is 30.0. The highest BCUT2D eigenvalue weighted by molar-refractivity contribution is 7.99. The van der Waals surface area contributed by atoms with Crippen molar-refractivity contribution in [2.75, 3.05) is 5.75 Å². The summed E-state index contributed by atoms with van der Waals surface area (Å²) in [5.74, 6) is -1.54. The fourth-order valence-corrected chi connectivity index (χ4v) is 8.23. The summed E-state index contributed by atoms with van der Waals surface area (Å²) in [6.45, 7) is 3.74. The number of rotatable bonds is 15. The van der Waals surface area contributed by atoms with Crippen molar-refractivity contribution in [1.82, 2.24) is 9.71 Å². The zero-order valence-electron chi connectivity index (χ0n) is 27.4. The summed E-state index contributed by atoms with van der Waals surface area (Å²) >= 11 is 7.79. The van der Waals surface area contributed by atoms with Crippen molar-refractivity contribution in [2.45, 2.75) is 56.1 Å². The number of thioether (sulfide) groups is 1. The maximum Gasteiger partial charge on any atom is 0.307 e. The van der Waals surface area contributed by atoms with Crippen LogP contribution in [0.5, 0.6) is 0 Å². The highest BCUT2D eigenvalue weighted by atomic mass is 35.5. The molecule has 4 aromatic carbocycles. The summed E-state index contributed by atoms with van der Waals surface area (Å²) < 4.78 is 28.2. The monoisotopic (exact) mass is 714 g/mol. The number of amides is 1. The lowest BCUT2D eigenvalue weighted by atomic mass is 9.97. The van der Waals surface area contributed by atoms with Gasteiger partial charge >= 0.3 is 5.97 Å². The van der Waals surface area contributed by atoms with Crippen LogP contribution < -0.4 is 4.72 Å². The van der Waals surface area contributed by atoms with Crippen molar-refractivity contribution in [2.24, 2.45) is 5.92 Å². The molecule has 0 fully saturated rings. The van der Waals surface area contributed by atoms with Gasteiger partial charge in [-0.25, -0.2) is 13.1 Å². The van der Waals surface area contributed by atoms with Crippen LogP contribution in [0.25, 0.3) is 10.9 Å². The van der Waals surface area contributed by atoms with Gasteiger partial charge in [0.05, 0.1) is 16.3 Å². The molecule has 49 heavy (non-hydrogen) atoms. The molecular formula is C39H39ClN2O5S2. The van der Waals surface area contributed by atoms with Gasteiger partial charge in [-0.05, 0) is 92.1 Å². The summed E-state index contributed by atoms with van der Waals surface area (Å²) in [6, 6.07) is 31.4. The van der Waals surface area contributed by atoms with Gasteiger partial charge in [0.15, 0.2) is 0 Å². The molecule has 2 atom stereocenters. The number of carbonyl (C=O) groups is 2. The first-order valence-corrected chi connectivity index (χ1v) is 19.1. The van der Waals surface area contributed by atoms with Crippen LogP contribution in [-0.2, 0) is 34.1 Å². The van der Waals surface area contributed by atoms with Gasteiger partial charge in [-0.1, -0.05) is 90.8 Å². The number of sulfonamides is 1. The number of carboxylic acid groups (broad SMARTS) is 1. The van der Waals surface area contributed by atoms with E-state index in [9.17, 15) is 23.1 Å². The zero-order chi connectivity index (χ0) is 35.0. The van der Waals surface area contributed by atoms with Gasteiger partial charge in [0, 0.05) is 32.7 Å². The number of pyridine rings is 1. The molecule has 0 saturated carbocycles. The minimum Gasteiger partial charge on any atom is -0.481 e. The van der Waals surface area contributed by atoms with Crippen molar-refractivity contribution in [3.8, 4) is 0 Å². The quantitative estimate of drug-likeness (QED) is 0.112. The molecule has 0 aliphatic rings. The molecule has 2 unspecified atom stereocenters. The number of nitrogens with one attached hydrogen (secondary N) is 1. The maximum absolute atomic E-state index is 13.3. The Morgan fingerprint density at radius 3 is 2.41 bits per heavy atom. The second-order valence-corrected chi connectivity index (χ2v) is 15.4. The molecule has 0 spiro atoms. The van der Waals surface area contributed by atoms with Gasteiger partial charge in [-0.2, -0.15) is 11.8 Å². The van der Waals surface area contributed by atoms with Gasteiger partial charge in [0.1, 0.15) is 0 Å². The molecule has 1 aromatic heterocycles. The molecule has 5 aromatic rings. The summed E-state index contributed by atoms with van der Waals surface area (Å²) in [5.41, 5.74) is 5.96. The molecule has 1 amide bonds. The molecule has 0 saturated heterocycles. The molecule has 1 heterocycles. The lowest BCUT2D eigenvalue weighted by Crippen LogP contribution is -2.31. The SMILES string of the molecule is CCC(CSC(CCc1ccccc1C(=O)NS(=O)(=O)c1ccc(C)cc1)c1cccc(CCc2ccc3ccc(Cl)cc3n2)c1)C(=O)O. The predicted octanol–water partition coefficient (Wildman–Crippen LogP) is 8.62. The first-order chi connectivity index (χ1) is 23.5. The average Bonchev–Trinajstić information content (AvgIpc) is 3.08. The van der Waals surface area contributed by atoms with E-state index >= 15 is 0 Å². The van der Waals surface area contributed by atoms with E-state index in [1.54, 1.807) is 36.0 Å². The summed E-state index contributed by atoms with van der Waals surface area (Å²) in [6.07, 6.45) is 3.15. The van der Waals surface area contributed by atoms with E-state index in [4.69, 9.17) is 16.6 Å². The highest BCUT2D eigenvalue weighted by Crippen LogP contribution is 2.36. The van der Waals surface area contributed by atoms with Crippen molar-refractivity contribution in [1.29, 1.82) is 0 Å². The molecule has 2 N–H and O–H groups in total. The number of hydrogen-bond donors (Lipinski definition) is 2. The van der Waals surface area contributed by atoms with Crippen LogP contribution in [0.15, 0.2) is 108 Å². The number of hydrogen-bond acceptors (Lipinski definition) is 6. The number of nitrogens with zero attached hydrogens (tertiary/aromatic N) is 1. The number of fused-ring (bicyclic) bond motifs is 1. The molecule has 0 radical (unpaired) electrons. The van der Waals surface area contributed by atoms with Crippen LogP contribution in [0.4, 0.5) is 0 Å². The third-order valence-electron chi connectivity index (χ3n) is 8.54. The Balaban J connectivity index is 1.33. The zero-order valence-corrected chi connectivity index (χ0v) is 29.8. The second-order valence-electron chi connectivity index (χ2n) is 12.1. The van der Waals surface area contributed by atoms with Crippen LogP contribution in [0.3, 0.4) is 0 Å². The Hall–Kier alpha value is -4.18. The van der Waals surface area contributed by atoms with E-state index < -0.39 is 27.8 Å². The summed E-state index contributed by atoms with van der Waals surface area (Å²) in [5, 5.41) is 11.4. The van der Waals surface area contributed by atoms with Crippen LogP contribution in [0, 0.1) is 12.8 Å². The van der Waals surface area contributed by atoms with Crippen LogP contribution in [0.1, 0.15) is 63.3 Å². The van der Waals surface area contributed by atoms with Gasteiger partial charge in [0.25, 0.3) is 15.9 Å². The normalized spacial score (nSPS) is 12.8. The summed E-state index contributed by atoms with van der Waals surface area (Å²) in [7, 11) is -4.06. The Morgan fingerprint density at radius 2 is 1.65 bits per heavy atom. The fraction of sp³-hybridized carbons (Fsp3) is 0.256. The smallest absolute Gasteiger partial charge is 0.307 e. The molecule has 5 rings (SSSR count). The predicted molar refractivity (Wildman–Crippen MR) is 198 cm³/mol. The van der Waals surface area contributed by atoms with E-state index in [1.165, 1.54) is 12.1 Å². The minimum absolute atomic E-state index is 0.0185. The first-order valence-electron chi connectivity index (χ1n) is 16.2.